The van der Waals surface area contributed by atoms with Crippen LogP contribution < -0.4 is 5.32 Å². The van der Waals surface area contributed by atoms with Crippen molar-refractivity contribution in [3.63, 3.8) is 0 Å². The lowest BCUT2D eigenvalue weighted by Crippen LogP contribution is -2.14. The molecule has 0 bridgehead atoms. The van der Waals surface area contributed by atoms with E-state index in [0.717, 1.165) is 18.8 Å². The molecule has 0 spiro atoms. The van der Waals surface area contributed by atoms with Gasteiger partial charge in [-0.25, -0.2) is 0 Å². The summed E-state index contributed by atoms with van der Waals surface area (Å²) in [6.07, 6.45) is 7.94. The van der Waals surface area contributed by atoms with Crippen molar-refractivity contribution < 1.29 is 9.52 Å². The zero-order chi connectivity index (χ0) is 12.3. The molecule has 98 valence electrons. The molecule has 2 N–H and O–H groups in total. The molecule has 0 amide bonds. The predicted octanol–water partition coefficient (Wildman–Crippen LogP) is 3.22. The van der Waals surface area contributed by atoms with Crippen LogP contribution in [-0.4, -0.2) is 11.7 Å². The van der Waals surface area contributed by atoms with Crippen molar-refractivity contribution >= 4 is 0 Å². The van der Waals surface area contributed by atoms with Gasteiger partial charge >= 0.3 is 0 Å². The van der Waals surface area contributed by atoms with Crippen molar-refractivity contribution in [2.45, 2.75) is 58.6 Å². The van der Waals surface area contributed by atoms with Crippen molar-refractivity contribution in [2.75, 3.05) is 6.54 Å². The highest BCUT2D eigenvalue weighted by molar-refractivity contribution is 5.05. The summed E-state index contributed by atoms with van der Waals surface area (Å²) in [6.45, 7) is 4.03. The minimum Gasteiger partial charge on any atom is -0.462 e. The fourth-order valence-electron chi connectivity index (χ4n) is 1.84. The minimum atomic E-state index is -0.0164. The van der Waals surface area contributed by atoms with Crippen LogP contribution >= 0.6 is 0 Å². The highest BCUT2D eigenvalue weighted by Gasteiger charge is 1.99. The SMILES string of the molecule is CCCCCCCCNCc1ccc(CO)o1. The Labute approximate surface area is 104 Å². The lowest BCUT2D eigenvalue weighted by Gasteiger charge is -2.02. The largest absolute Gasteiger partial charge is 0.462 e. The Bertz CT molecular complexity index is 284. The van der Waals surface area contributed by atoms with E-state index in [-0.39, 0.29) is 6.61 Å². The third-order valence-electron chi connectivity index (χ3n) is 2.88. The van der Waals surface area contributed by atoms with Gasteiger partial charge < -0.3 is 14.8 Å². The van der Waals surface area contributed by atoms with Crippen molar-refractivity contribution in [1.82, 2.24) is 5.32 Å². The summed E-state index contributed by atoms with van der Waals surface area (Å²) < 4.78 is 5.38. The molecule has 0 fully saturated rings. The normalized spacial score (nSPS) is 10.9. The van der Waals surface area contributed by atoms with Gasteiger partial charge in [0.15, 0.2) is 0 Å². The summed E-state index contributed by atoms with van der Waals surface area (Å²) in [4.78, 5) is 0. The van der Waals surface area contributed by atoms with Crippen LogP contribution in [0.25, 0.3) is 0 Å². The molecule has 0 atom stereocenters. The van der Waals surface area contributed by atoms with E-state index in [1.54, 1.807) is 0 Å². The van der Waals surface area contributed by atoms with Gasteiger partial charge in [-0.3, -0.25) is 0 Å². The zero-order valence-corrected chi connectivity index (χ0v) is 10.9. The van der Waals surface area contributed by atoms with Gasteiger partial charge in [0, 0.05) is 0 Å². The molecule has 1 heterocycles. The van der Waals surface area contributed by atoms with E-state index in [1.165, 1.54) is 38.5 Å². The van der Waals surface area contributed by atoms with Crippen LogP contribution in [0.4, 0.5) is 0 Å². The van der Waals surface area contributed by atoms with Crippen LogP contribution in [0.15, 0.2) is 16.5 Å². The monoisotopic (exact) mass is 239 g/mol. The van der Waals surface area contributed by atoms with E-state index >= 15 is 0 Å². The van der Waals surface area contributed by atoms with Crippen LogP contribution in [0, 0.1) is 0 Å². The number of aliphatic hydroxyl groups is 1. The van der Waals surface area contributed by atoms with Gasteiger partial charge in [-0.15, -0.1) is 0 Å². The van der Waals surface area contributed by atoms with Gasteiger partial charge in [0.2, 0.25) is 0 Å². The van der Waals surface area contributed by atoms with Crippen molar-refractivity contribution in [2.24, 2.45) is 0 Å². The Hall–Kier alpha value is -0.800. The highest BCUT2D eigenvalue weighted by atomic mass is 16.4. The van der Waals surface area contributed by atoms with Gasteiger partial charge in [0.1, 0.15) is 18.1 Å². The third-order valence-corrected chi connectivity index (χ3v) is 2.88. The van der Waals surface area contributed by atoms with Crippen LogP contribution in [-0.2, 0) is 13.2 Å². The third kappa shape index (κ3) is 6.49. The molecule has 17 heavy (non-hydrogen) atoms. The molecular formula is C14H25NO2. The van der Waals surface area contributed by atoms with E-state index in [9.17, 15) is 0 Å². The standard InChI is InChI=1S/C14H25NO2/c1-2-3-4-5-6-7-10-15-11-13-8-9-14(12-16)17-13/h8-9,15-16H,2-7,10-12H2,1H3. The second-order valence-corrected chi connectivity index (χ2v) is 4.47. The molecule has 0 aliphatic heterocycles. The smallest absolute Gasteiger partial charge is 0.129 e. The van der Waals surface area contributed by atoms with E-state index in [0.29, 0.717) is 5.76 Å². The molecule has 1 aromatic heterocycles. The van der Waals surface area contributed by atoms with Gasteiger partial charge in [-0.05, 0) is 25.1 Å². The molecule has 0 aliphatic carbocycles. The quantitative estimate of drug-likeness (QED) is 0.616. The van der Waals surface area contributed by atoms with Crippen molar-refractivity contribution in [3.8, 4) is 0 Å². The average Bonchev–Trinajstić information content (AvgIpc) is 2.80. The van der Waals surface area contributed by atoms with Crippen LogP contribution in [0.5, 0.6) is 0 Å². The second kappa shape index (κ2) is 9.25. The maximum atomic E-state index is 8.85. The Morgan fingerprint density at radius 1 is 1.06 bits per heavy atom. The summed E-state index contributed by atoms with van der Waals surface area (Å²) in [7, 11) is 0. The molecule has 3 heteroatoms. The van der Waals surface area contributed by atoms with Gasteiger partial charge in [-0.1, -0.05) is 39.0 Å². The fraction of sp³-hybridized carbons (Fsp3) is 0.714. The van der Waals surface area contributed by atoms with Gasteiger partial charge in [-0.2, -0.15) is 0 Å². The number of hydrogen-bond donors (Lipinski definition) is 2. The maximum absolute atomic E-state index is 8.85. The van der Waals surface area contributed by atoms with Gasteiger partial charge in [0.05, 0.1) is 6.54 Å². The van der Waals surface area contributed by atoms with Crippen LogP contribution in [0.3, 0.4) is 0 Å². The number of hydrogen-bond acceptors (Lipinski definition) is 3. The molecular weight excluding hydrogens is 214 g/mol. The minimum absolute atomic E-state index is 0.0164. The summed E-state index contributed by atoms with van der Waals surface area (Å²) in [5.41, 5.74) is 0. The first-order valence-electron chi connectivity index (χ1n) is 6.76. The Balaban J connectivity index is 1.93. The van der Waals surface area contributed by atoms with E-state index in [2.05, 4.69) is 12.2 Å². The Kier molecular flexibility index (Phi) is 7.76. The molecule has 0 unspecified atom stereocenters. The molecule has 0 aromatic carbocycles. The Morgan fingerprint density at radius 2 is 1.76 bits per heavy atom. The Morgan fingerprint density at radius 3 is 2.47 bits per heavy atom. The first-order chi connectivity index (χ1) is 8.36. The van der Waals surface area contributed by atoms with E-state index in [1.807, 2.05) is 12.1 Å². The number of unbranched alkanes of at least 4 members (excludes halogenated alkanes) is 5. The topological polar surface area (TPSA) is 45.4 Å². The lowest BCUT2D eigenvalue weighted by atomic mass is 10.1. The summed E-state index contributed by atoms with van der Waals surface area (Å²) in [6, 6.07) is 3.74. The fourth-order valence-corrected chi connectivity index (χ4v) is 1.84. The molecule has 0 saturated carbocycles. The molecule has 0 radical (unpaired) electrons. The summed E-state index contributed by atoms with van der Waals surface area (Å²) >= 11 is 0. The molecule has 0 saturated heterocycles. The zero-order valence-electron chi connectivity index (χ0n) is 10.9. The predicted molar refractivity (Wildman–Crippen MR) is 69.7 cm³/mol. The lowest BCUT2D eigenvalue weighted by molar-refractivity contribution is 0.243. The van der Waals surface area contributed by atoms with Crippen LogP contribution in [0.1, 0.15) is 57.0 Å². The molecule has 0 aliphatic rings. The van der Waals surface area contributed by atoms with E-state index in [4.69, 9.17) is 9.52 Å². The molecule has 1 aromatic rings. The summed E-state index contributed by atoms with van der Waals surface area (Å²) in [5.74, 6) is 1.54. The first-order valence-corrected chi connectivity index (χ1v) is 6.76. The summed E-state index contributed by atoms with van der Waals surface area (Å²) in [5, 5.41) is 12.2. The molecule has 1 rings (SSSR count). The van der Waals surface area contributed by atoms with Crippen molar-refractivity contribution in [1.29, 1.82) is 0 Å². The second-order valence-electron chi connectivity index (χ2n) is 4.47. The van der Waals surface area contributed by atoms with Crippen LogP contribution in [0.2, 0.25) is 0 Å². The van der Waals surface area contributed by atoms with E-state index < -0.39 is 0 Å². The average molecular weight is 239 g/mol. The van der Waals surface area contributed by atoms with Gasteiger partial charge in [0.25, 0.3) is 0 Å². The first kappa shape index (κ1) is 14.3. The highest BCUT2D eigenvalue weighted by Crippen LogP contribution is 2.07. The maximum Gasteiger partial charge on any atom is 0.129 e. The molecule has 3 nitrogen and oxygen atoms in total. The number of rotatable bonds is 10. The number of nitrogens with one attached hydrogen (secondary N) is 1. The number of furan rings is 1. The van der Waals surface area contributed by atoms with Crippen molar-refractivity contribution in [3.05, 3.63) is 23.7 Å². The number of aliphatic hydroxyl groups excluding tert-OH is 1.